The van der Waals surface area contributed by atoms with E-state index in [1.807, 2.05) is 0 Å². The molecule has 1 aliphatic heterocycles. The van der Waals surface area contributed by atoms with Gasteiger partial charge in [-0.05, 0) is 31.0 Å². The highest BCUT2D eigenvalue weighted by molar-refractivity contribution is 5.84. The lowest BCUT2D eigenvalue weighted by Crippen LogP contribution is -2.35. The molecule has 8 nitrogen and oxygen atoms in total. The minimum absolute atomic E-state index is 0.134. The Morgan fingerprint density at radius 1 is 1.12 bits per heavy atom. The number of urea groups is 1. The number of rotatable bonds is 6. The maximum atomic E-state index is 11.8. The minimum Gasteiger partial charge on any atom is -0.454 e. The molecule has 1 aromatic heterocycles. The Morgan fingerprint density at radius 2 is 1.92 bits per heavy atom. The van der Waals surface area contributed by atoms with Crippen molar-refractivity contribution >= 4 is 17.0 Å². The van der Waals surface area contributed by atoms with Crippen molar-refractivity contribution in [2.24, 2.45) is 5.73 Å². The van der Waals surface area contributed by atoms with E-state index in [1.165, 1.54) is 6.07 Å². The van der Waals surface area contributed by atoms with Crippen molar-refractivity contribution in [2.45, 2.75) is 19.4 Å². The van der Waals surface area contributed by atoms with Crippen molar-refractivity contribution in [1.82, 2.24) is 10.6 Å². The normalized spacial score (nSPS) is 12.4. The molecule has 24 heavy (non-hydrogen) atoms. The van der Waals surface area contributed by atoms with Crippen LogP contribution in [0.1, 0.15) is 18.4 Å². The molecule has 2 heterocycles. The SMILES string of the molecule is NCCCCNC(=O)NCc1cc(=O)oc2cc3c(cc12)OCO3. The molecule has 1 aliphatic rings. The third-order valence-corrected chi connectivity index (χ3v) is 3.68. The average molecular weight is 333 g/mol. The number of hydrogen-bond acceptors (Lipinski definition) is 6. The zero-order valence-corrected chi connectivity index (χ0v) is 13.1. The van der Waals surface area contributed by atoms with Gasteiger partial charge in [-0.25, -0.2) is 9.59 Å². The smallest absolute Gasteiger partial charge is 0.336 e. The van der Waals surface area contributed by atoms with Gasteiger partial charge in [0.2, 0.25) is 6.79 Å². The van der Waals surface area contributed by atoms with E-state index in [2.05, 4.69) is 10.6 Å². The number of unbranched alkanes of at least 4 members (excludes halogenated alkanes) is 1. The van der Waals surface area contributed by atoms with Crippen molar-refractivity contribution in [1.29, 1.82) is 0 Å². The first kappa shape index (κ1) is 16.1. The van der Waals surface area contributed by atoms with Crippen LogP contribution in [0, 0.1) is 0 Å². The van der Waals surface area contributed by atoms with E-state index in [1.54, 1.807) is 12.1 Å². The van der Waals surface area contributed by atoms with Crippen molar-refractivity contribution in [3.8, 4) is 11.5 Å². The van der Waals surface area contributed by atoms with Crippen molar-refractivity contribution < 1.29 is 18.7 Å². The summed E-state index contributed by atoms with van der Waals surface area (Å²) in [6.45, 7) is 1.49. The molecule has 3 rings (SSSR count). The van der Waals surface area contributed by atoms with Gasteiger partial charge in [-0.3, -0.25) is 0 Å². The third kappa shape index (κ3) is 3.60. The topological polar surface area (TPSA) is 116 Å². The number of hydrogen-bond donors (Lipinski definition) is 3. The maximum Gasteiger partial charge on any atom is 0.336 e. The predicted molar refractivity (Wildman–Crippen MR) is 87.1 cm³/mol. The van der Waals surface area contributed by atoms with E-state index >= 15 is 0 Å². The molecule has 0 spiro atoms. The molecule has 4 N–H and O–H groups in total. The van der Waals surface area contributed by atoms with Gasteiger partial charge in [-0.2, -0.15) is 0 Å². The van der Waals surface area contributed by atoms with Gasteiger partial charge >= 0.3 is 11.7 Å². The lowest BCUT2D eigenvalue weighted by atomic mass is 10.1. The monoisotopic (exact) mass is 333 g/mol. The summed E-state index contributed by atoms with van der Waals surface area (Å²) in [4.78, 5) is 23.5. The summed E-state index contributed by atoms with van der Waals surface area (Å²) in [5.74, 6) is 1.12. The van der Waals surface area contributed by atoms with Crippen LogP contribution in [-0.4, -0.2) is 25.9 Å². The van der Waals surface area contributed by atoms with E-state index in [-0.39, 0.29) is 19.4 Å². The van der Waals surface area contributed by atoms with Gasteiger partial charge < -0.3 is 30.3 Å². The van der Waals surface area contributed by atoms with E-state index in [0.717, 1.165) is 12.8 Å². The predicted octanol–water partition coefficient (Wildman–Crippen LogP) is 1.06. The molecular formula is C16H19N3O5. The fourth-order valence-corrected chi connectivity index (χ4v) is 2.47. The number of ether oxygens (including phenoxy) is 2. The van der Waals surface area contributed by atoms with Crippen LogP contribution < -0.4 is 31.5 Å². The van der Waals surface area contributed by atoms with Crippen molar-refractivity contribution in [2.75, 3.05) is 19.9 Å². The van der Waals surface area contributed by atoms with Crippen LogP contribution in [-0.2, 0) is 6.54 Å². The Labute approximate surface area is 137 Å². The molecule has 0 saturated carbocycles. The number of benzene rings is 1. The summed E-state index contributed by atoms with van der Waals surface area (Å²) >= 11 is 0. The number of nitrogens with one attached hydrogen (secondary N) is 2. The van der Waals surface area contributed by atoms with Crippen LogP contribution in [0.2, 0.25) is 0 Å². The largest absolute Gasteiger partial charge is 0.454 e. The summed E-state index contributed by atoms with van der Waals surface area (Å²) in [5, 5.41) is 6.17. The van der Waals surface area contributed by atoms with E-state index in [4.69, 9.17) is 19.6 Å². The second-order valence-corrected chi connectivity index (χ2v) is 5.40. The Bertz CT molecular complexity index is 802. The van der Waals surface area contributed by atoms with Crippen LogP contribution in [0.4, 0.5) is 4.79 Å². The minimum atomic E-state index is -0.485. The van der Waals surface area contributed by atoms with Crippen LogP contribution in [0.15, 0.2) is 27.4 Å². The van der Waals surface area contributed by atoms with Gasteiger partial charge in [0.25, 0.3) is 0 Å². The molecule has 8 heteroatoms. The first-order chi connectivity index (χ1) is 11.7. The molecular weight excluding hydrogens is 314 g/mol. The summed E-state index contributed by atoms with van der Waals surface area (Å²) in [6.07, 6.45) is 1.68. The zero-order valence-electron chi connectivity index (χ0n) is 13.1. The van der Waals surface area contributed by atoms with Crippen molar-refractivity contribution in [3.05, 3.63) is 34.2 Å². The van der Waals surface area contributed by atoms with Crippen molar-refractivity contribution in [3.63, 3.8) is 0 Å². The summed E-state index contributed by atoms with van der Waals surface area (Å²) in [5.41, 5.74) is 5.96. The lowest BCUT2D eigenvalue weighted by Gasteiger charge is -2.09. The standard InChI is InChI=1S/C16H19N3O5/c17-3-1-2-4-18-16(21)19-8-10-5-15(20)24-12-7-14-13(6-11(10)12)22-9-23-14/h5-7H,1-4,8-9,17H2,(H2,18,19,21). The van der Waals surface area contributed by atoms with Crippen LogP contribution in [0.25, 0.3) is 11.0 Å². The quantitative estimate of drug-likeness (QED) is 0.538. The highest BCUT2D eigenvalue weighted by atomic mass is 16.7. The summed E-state index contributed by atoms with van der Waals surface area (Å²) in [6, 6.07) is 4.43. The molecule has 2 amide bonds. The summed E-state index contributed by atoms with van der Waals surface area (Å²) < 4.78 is 15.8. The van der Waals surface area contributed by atoms with Gasteiger partial charge in [0.1, 0.15) is 5.58 Å². The summed E-state index contributed by atoms with van der Waals surface area (Å²) in [7, 11) is 0. The third-order valence-electron chi connectivity index (χ3n) is 3.68. The molecule has 0 unspecified atom stereocenters. The first-order valence-corrected chi connectivity index (χ1v) is 7.75. The van der Waals surface area contributed by atoms with Gasteiger partial charge in [0.05, 0.1) is 0 Å². The van der Waals surface area contributed by atoms with Crippen LogP contribution >= 0.6 is 0 Å². The van der Waals surface area contributed by atoms with Gasteiger partial charge in [0.15, 0.2) is 11.5 Å². The second-order valence-electron chi connectivity index (χ2n) is 5.40. The Hall–Kier alpha value is -2.74. The number of nitrogens with two attached hydrogens (primary N) is 1. The molecule has 0 atom stereocenters. The van der Waals surface area contributed by atoms with Gasteiger partial charge in [-0.15, -0.1) is 0 Å². The average Bonchev–Trinajstić information content (AvgIpc) is 3.02. The van der Waals surface area contributed by atoms with E-state index < -0.39 is 5.63 Å². The fourth-order valence-electron chi connectivity index (χ4n) is 2.47. The molecule has 0 saturated heterocycles. The molecule has 1 aromatic carbocycles. The first-order valence-electron chi connectivity index (χ1n) is 7.75. The molecule has 2 aromatic rings. The molecule has 0 fully saturated rings. The van der Waals surface area contributed by atoms with E-state index in [0.29, 0.717) is 41.1 Å². The molecule has 0 aliphatic carbocycles. The van der Waals surface area contributed by atoms with Gasteiger partial charge in [0, 0.05) is 30.6 Å². The zero-order chi connectivity index (χ0) is 16.9. The number of carbonyl (C=O) groups excluding carboxylic acids is 1. The number of carbonyl (C=O) groups is 1. The highest BCUT2D eigenvalue weighted by Gasteiger charge is 2.17. The van der Waals surface area contributed by atoms with Crippen LogP contribution in [0.3, 0.4) is 0 Å². The molecule has 0 bridgehead atoms. The number of fused-ring (bicyclic) bond motifs is 2. The Morgan fingerprint density at radius 3 is 2.71 bits per heavy atom. The van der Waals surface area contributed by atoms with Crippen LogP contribution in [0.5, 0.6) is 11.5 Å². The molecule has 0 radical (unpaired) electrons. The Balaban J connectivity index is 1.72. The van der Waals surface area contributed by atoms with E-state index in [9.17, 15) is 9.59 Å². The fraction of sp³-hybridized carbons (Fsp3) is 0.375. The van der Waals surface area contributed by atoms with Gasteiger partial charge in [-0.1, -0.05) is 0 Å². The lowest BCUT2D eigenvalue weighted by molar-refractivity contribution is 0.174. The second kappa shape index (κ2) is 7.22. The Kier molecular flexibility index (Phi) is 4.85. The highest BCUT2D eigenvalue weighted by Crippen LogP contribution is 2.36. The maximum absolute atomic E-state index is 11.8. The molecule has 128 valence electrons. The number of amides is 2.